The van der Waals surface area contributed by atoms with Crippen molar-refractivity contribution in [3.05, 3.63) is 34.9 Å². The largest absolute Gasteiger partial charge is 0.335 e. The Morgan fingerprint density at radius 1 is 1.30 bits per heavy atom. The summed E-state index contributed by atoms with van der Waals surface area (Å²) >= 11 is 5.87. The van der Waals surface area contributed by atoms with Crippen LogP contribution in [0.4, 0.5) is 0 Å². The number of nitrogens with two attached hydrogens (primary N) is 1. The maximum Gasteiger partial charge on any atom is 0.242 e. The van der Waals surface area contributed by atoms with Crippen molar-refractivity contribution in [2.75, 3.05) is 19.6 Å². The second kappa shape index (κ2) is 7.79. The molecule has 2 N–H and O–H groups in total. The highest BCUT2D eigenvalue weighted by molar-refractivity contribution is 6.30. The van der Waals surface area contributed by atoms with Gasteiger partial charge in [-0.2, -0.15) is 0 Å². The molecule has 2 atom stereocenters. The molecule has 1 aliphatic heterocycles. The van der Waals surface area contributed by atoms with Gasteiger partial charge in [-0.05, 0) is 23.6 Å². The summed E-state index contributed by atoms with van der Waals surface area (Å²) in [5.74, 6) is -0.0561. The van der Waals surface area contributed by atoms with E-state index in [1.807, 2.05) is 38.1 Å². The zero-order valence-electron chi connectivity index (χ0n) is 13.7. The summed E-state index contributed by atoms with van der Waals surface area (Å²) in [6, 6.07) is 6.91. The second-order valence-corrected chi connectivity index (χ2v) is 6.55. The SMILES string of the molecule is CCC(C)C(N)C(=O)N1CCN(Cc2ccc(Cl)cc2)C(=O)C1. The highest BCUT2D eigenvalue weighted by Gasteiger charge is 2.31. The van der Waals surface area contributed by atoms with Crippen molar-refractivity contribution in [3.63, 3.8) is 0 Å². The number of piperazine rings is 1. The summed E-state index contributed by atoms with van der Waals surface area (Å²) < 4.78 is 0. The topological polar surface area (TPSA) is 66.6 Å². The van der Waals surface area contributed by atoms with Gasteiger partial charge in [0.2, 0.25) is 11.8 Å². The third-order valence-electron chi connectivity index (χ3n) is 4.46. The average Bonchev–Trinajstić information content (AvgIpc) is 2.56. The van der Waals surface area contributed by atoms with Crippen LogP contribution in [0.2, 0.25) is 5.02 Å². The lowest BCUT2D eigenvalue weighted by atomic mass is 9.98. The van der Waals surface area contributed by atoms with Gasteiger partial charge in [-0.25, -0.2) is 0 Å². The fraction of sp³-hybridized carbons (Fsp3) is 0.529. The standard InChI is InChI=1S/C17H24ClN3O2/c1-3-12(2)16(19)17(23)21-9-8-20(15(22)11-21)10-13-4-6-14(18)7-5-13/h4-7,12,16H,3,8-11,19H2,1-2H3. The fourth-order valence-electron chi connectivity index (χ4n) is 2.58. The first-order valence-electron chi connectivity index (χ1n) is 7.99. The summed E-state index contributed by atoms with van der Waals surface area (Å²) in [5.41, 5.74) is 7.02. The van der Waals surface area contributed by atoms with Gasteiger partial charge >= 0.3 is 0 Å². The highest BCUT2D eigenvalue weighted by atomic mass is 35.5. The van der Waals surface area contributed by atoms with Gasteiger partial charge in [-0.15, -0.1) is 0 Å². The molecule has 2 rings (SSSR count). The van der Waals surface area contributed by atoms with Gasteiger partial charge in [-0.3, -0.25) is 9.59 Å². The fourth-order valence-corrected chi connectivity index (χ4v) is 2.71. The smallest absolute Gasteiger partial charge is 0.242 e. The monoisotopic (exact) mass is 337 g/mol. The summed E-state index contributed by atoms with van der Waals surface area (Å²) in [6.07, 6.45) is 0.845. The van der Waals surface area contributed by atoms with Gasteiger partial charge in [0.1, 0.15) is 0 Å². The Morgan fingerprint density at radius 3 is 2.52 bits per heavy atom. The number of benzene rings is 1. The third-order valence-corrected chi connectivity index (χ3v) is 4.71. The molecule has 0 bridgehead atoms. The molecule has 2 unspecified atom stereocenters. The minimum absolute atomic E-state index is 0.0455. The lowest BCUT2D eigenvalue weighted by Crippen LogP contribution is -2.56. The molecular weight excluding hydrogens is 314 g/mol. The number of halogens is 1. The summed E-state index contributed by atoms with van der Waals surface area (Å²) in [5, 5.41) is 0.675. The molecule has 1 saturated heterocycles. The van der Waals surface area contributed by atoms with E-state index >= 15 is 0 Å². The molecule has 5 nitrogen and oxygen atoms in total. The van der Waals surface area contributed by atoms with Crippen molar-refractivity contribution in [1.29, 1.82) is 0 Å². The Bertz CT molecular complexity index is 561. The normalized spacial score (nSPS) is 18.0. The first-order valence-corrected chi connectivity index (χ1v) is 8.36. The van der Waals surface area contributed by atoms with Crippen molar-refractivity contribution in [2.45, 2.75) is 32.9 Å². The second-order valence-electron chi connectivity index (χ2n) is 6.11. The number of carbonyl (C=O) groups is 2. The molecule has 23 heavy (non-hydrogen) atoms. The van der Waals surface area contributed by atoms with Crippen LogP contribution in [-0.4, -0.2) is 47.3 Å². The molecule has 1 fully saturated rings. The van der Waals surface area contributed by atoms with E-state index in [-0.39, 0.29) is 24.3 Å². The number of carbonyl (C=O) groups excluding carboxylic acids is 2. The van der Waals surface area contributed by atoms with E-state index in [2.05, 4.69) is 0 Å². The van der Waals surface area contributed by atoms with E-state index in [4.69, 9.17) is 17.3 Å². The number of rotatable bonds is 5. The molecule has 0 aromatic heterocycles. The van der Waals surface area contributed by atoms with E-state index in [1.54, 1.807) is 9.80 Å². The Hall–Kier alpha value is -1.59. The van der Waals surface area contributed by atoms with Gasteiger partial charge in [0.05, 0.1) is 12.6 Å². The Balaban J connectivity index is 1.93. The Kier molecular flexibility index (Phi) is 6.02. The molecule has 2 amide bonds. The molecule has 0 aliphatic carbocycles. The number of hydrogen-bond acceptors (Lipinski definition) is 3. The average molecular weight is 338 g/mol. The first-order chi connectivity index (χ1) is 10.9. The molecule has 6 heteroatoms. The molecule has 1 heterocycles. The van der Waals surface area contributed by atoms with Crippen molar-refractivity contribution in [1.82, 2.24) is 9.80 Å². The van der Waals surface area contributed by atoms with Gasteiger partial charge in [0.15, 0.2) is 0 Å². The summed E-state index contributed by atoms with van der Waals surface area (Å²) in [4.78, 5) is 28.0. The van der Waals surface area contributed by atoms with Crippen LogP contribution < -0.4 is 5.73 Å². The van der Waals surface area contributed by atoms with Crippen molar-refractivity contribution in [3.8, 4) is 0 Å². The zero-order chi connectivity index (χ0) is 17.0. The predicted octanol–water partition coefficient (Wildman–Crippen LogP) is 1.88. The maximum atomic E-state index is 12.4. The number of amides is 2. The minimum atomic E-state index is -0.532. The molecule has 0 spiro atoms. The van der Waals surface area contributed by atoms with E-state index < -0.39 is 6.04 Å². The molecule has 1 aromatic carbocycles. The van der Waals surface area contributed by atoms with Gasteiger partial charge in [0.25, 0.3) is 0 Å². The van der Waals surface area contributed by atoms with Crippen LogP contribution in [0, 0.1) is 5.92 Å². The zero-order valence-corrected chi connectivity index (χ0v) is 14.4. The summed E-state index contributed by atoms with van der Waals surface area (Å²) in [7, 11) is 0. The van der Waals surface area contributed by atoms with Crippen LogP contribution in [0.15, 0.2) is 24.3 Å². The molecule has 1 aliphatic rings. The van der Waals surface area contributed by atoms with Crippen LogP contribution in [0.3, 0.4) is 0 Å². The summed E-state index contributed by atoms with van der Waals surface area (Å²) in [6.45, 7) is 5.67. The first kappa shape index (κ1) is 17.8. The molecule has 0 saturated carbocycles. The van der Waals surface area contributed by atoms with E-state index in [1.165, 1.54) is 0 Å². The lowest BCUT2D eigenvalue weighted by Gasteiger charge is -2.36. The minimum Gasteiger partial charge on any atom is -0.335 e. The van der Waals surface area contributed by atoms with Crippen LogP contribution in [0.25, 0.3) is 0 Å². The van der Waals surface area contributed by atoms with E-state index in [0.29, 0.717) is 24.7 Å². The van der Waals surface area contributed by atoms with Crippen LogP contribution in [0.1, 0.15) is 25.8 Å². The van der Waals surface area contributed by atoms with Gasteiger partial charge in [0, 0.05) is 24.7 Å². The molecule has 126 valence electrons. The molecule has 1 aromatic rings. The molecule has 0 radical (unpaired) electrons. The van der Waals surface area contributed by atoms with Gasteiger partial charge < -0.3 is 15.5 Å². The van der Waals surface area contributed by atoms with Crippen molar-refractivity contribution < 1.29 is 9.59 Å². The third kappa shape index (κ3) is 4.45. The van der Waals surface area contributed by atoms with E-state index in [0.717, 1.165) is 12.0 Å². The van der Waals surface area contributed by atoms with Crippen LogP contribution in [0.5, 0.6) is 0 Å². The highest BCUT2D eigenvalue weighted by Crippen LogP contribution is 2.15. The lowest BCUT2D eigenvalue weighted by molar-refractivity contribution is -0.147. The van der Waals surface area contributed by atoms with Crippen molar-refractivity contribution >= 4 is 23.4 Å². The van der Waals surface area contributed by atoms with Crippen LogP contribution in [-0.2, 0) is 16.1 Å². The predicted molar refractivity (Wildman–Crippen MR) is 90.9 cm³/mol. The number of hydrogen-bond donors (Lipinski definition) is 1. The molecular formula is C17H24ClN3O2. The Labute approximate surface area is 142 Å². The quantitative estimate of drug-likeness (QED) is 0.892. The van der Waals surface area contributed by atoms with Crippen molar-refractivity contribution in [2.24, 2.45) is 11.7 Å². The van der Waals surface area contributed by atoms with Crippen LogP contribution >= 0.6 is 11.6 Å². The van der Waals surface area contributed by atoms with E-state index in [9.17, 15) is 9.59 Å². The number of nitrogens with zero attached hydrogens (tertiary/aromatic N) is 2. The van der Waals surface area contributed by atoms with Gasteiger partial charge in [-0.1, -0.05) is 44.0 Å². The maximum absolute atomic E-state index is 12.4. The Morgan fingerprint density at radius 2 is 1.96 bits per heavy atom.